The summed E-state index contributed by atoms with van der Waals surface area (Å²) in [5.41, 5.74) is 3.23. The molecule has 6 nitrogen and oxygen atoms in total. The number of nitrogens with zero attached hydrogens (tertiary/aromatic N) is 2. The van der Waals surface area contributed by atoms with Crippen LogP contribution in [0.3, 0.4) is 0 Å². The van der Waals surface area contributed by atoms with Crippen molar-refractivity contribution in [3.8, 4) is 0 Å². The smallest absolute Gasteiger partial charge is 0.265 e. The predicted molar refractivity (Wildman–Crippen MR) is 250 cm³/mol. The van der Waals surface area contributed by atoms with Crippen molar-refractivity contribution >= 4 is 143 Å². The third kappa shape index (κ3) is 3.58. The highest BCUT2D eigenvalue weighted by atomic mass is 16.2. The Kier molecular flexibility index (Phi) is 5.65. The zero-order valence-electron chi connectivity index (χ0n) is 32.5. The average Bonchev–Trinajstić information content (AvgIpc) is 3.31. The van der Waals surface area contributed by atoms with Crippen LogP contribution in [-0.4, -0.2) is 23.6 Å². The lowest BCUT2D eigenvalue weighted by molar-refractivity contribution is 0.0877. The van der Waals surface area contributed by atoms with Gasteiger partial charge in [-0.25, -0.2) is 9.80 Å². The van der Waals surface area contributed by atoms with Gasteiger partial charge < -0.3 is 0 Å². The minimum atomic E-state index is -0.315. The number of para-hydroxylation sites is 2. The van der Waals surface area contributed by atoms with E-state index in [1.165, 1.54) is 20.6 Å². The highest BCUT2D eigenvalue weighted by molar-refractivity contribution is 6.49. The number of rotatable bonds is 2. The van der Waals surface area contributed by atoms with Crippen molar-refractivity contribution in [1.82, 2.24) is 0 Å². The first-order chi connectivity index (χ1) is 30.5. The molecule has 2 heterocycles. The van der Waals surface area contributed by atoms with Crippen LogP contribution in [0.5, 0.6) is 0 Å². The molecule has 0 spiro atoms. The van der Waals surface area contributed by atoms with Crippen LogP contribution in [0.15, 0.2) is 158 Å². The summed E-state index contributed by atoms with van der Waals surface area (Å²) >= 11 is 0. The fraction of sp³-hybridized carbons (Fsp3) is 0. The van der Waals surface area contributed by atoms with Crippen LogP contribution in [0.4, 0.5) is 11.4 Å². The lowest BCUT2D eigenvalue weighted by Gasteiger charge is -2.29. The van der Waals surface area contributed by atoms with Gasteiger partial charge in [0.1, 0.15) is 0 Å². The number of imide groups is 2. The van der Waals surface area contributed by atoms with E-state index in [9.17, 15) is 19.2 Å². The van der Waals surface area contributed by atoms with Crippen LogP contribution in [0, 0.1) is 0 Å². The van der Waals surface area contributed by atoms with Crippen LogP contribution in [0.25, 0.3) is 108 Å². The van der Waals surface area contributed by atoms with Crippen molar-refractivity contribution in [2.24, 2.45) is 0 Å². The highest BCUT2D eigenvalue weighted by Crippen LogP contribution is 2.52. The Balaban J connectivity index is 1.00. The molecule has 0 N–H and O–H groups in total. The molecule has 284 valence electrons. The van der Waals surface area contributed by atoms with Crippen molar-refractivity contribution in [2.75, 3.05) is 9.80 Å². The first-order valence-corrected chi connectivity index (χ1v) is 20.8. The molecule has 0 aliphatic carbocycles. The van der Waals surface area contributed by atoms with Gasteiger partial charge in [0.05, 0.1) is 11.4 Å². The fourth-order valence-corrected chi connectivity index (χ4v) is 11.7. The van der Waals surface area contributed by atoms with E-state index in [0.29, 0.717) is 44.4 Å². The predicted octanol–water partition coefficient (Wildman–Crippen LogP) is 13.1. The lowest BCUT2D eigenvalue weighted by atomic mass is 9.80. The molecule has 2 aliphatic heterocycles. The van der Waals surface area contributed by atoms with Crippen molar-refractivity contribution < 1.29 is 19.2 Å². The number of hydrogen-bond acceptors (Lipinski definition) is 4. The maximum Gasteiger partial charge on any atom is 0.265 e. The Labute approximate surface area is 350 Å². The van der Waals surface area contributed by atoms with Gasteiger partial charge in [0.15, 0.2) is 0 Å². The largest absolute Gasteiger partial charge is 0.268 e. The Bertz CT molecular complexity index is 3790. The second kappa shape index (κ2) is 10.8. The third-order valence-corrected chi connectivity index (χ3v) is 14.1. The molecule has 0 saturated heterocycles. The molecular weight excluding hydrogens is 765 g/mol. The molecule has 13 aromatic rings. The lowest BCUT2D eigenvalue weighted by Crippen LogP contribution is -2.40. The van der Waals surface area contributed by atoms with Gasteiger partial charge in [-0.15, -0.1) is 0 Å². The molecule has 0 atom stereocenters. The molecule has 13 aromatic carbocycles. The van der Waals surface area contributed by atoms with Crippen LogP contribution >= 0.6 is 0 Å². The van der Waals surface area contributed by atoms with E-state index in [4.69, 9.17) is 0 Å². The molecule has 2 aliphatic rings. The molecule has 15 rings (SSSR count). The SMILES string of the molecule is O=C1c2ccc3c4ccc5c6ccc7c8ccc9c%10c(ccc(c%11ccc(c%12ccc(c%13ccc(c2c3%13)C(=O)N1c1ccccc1)c4c5%12)c6c7%11)c%108)C(=O)N(c1ccccc1)C9=O. The van der Waals surface area contributed by atoms with Crippen LogP contribution in [-0.2, 0) is 0 Å². The zero-order chi connectivity index (χ0) is 40.9. The Morgan fingerprint density at radius 1 is 0.210 bits per heavy atom. The number of carbonyl (C=O) groups excluding carboxylic acids is 4. The van der Waals surface area contributed by atoms with Gasteiger partial charge in [-0.3, -0.25) is 19.2 Å². The number of carbonyl (C=O) groups is 4. The van der Waals surface area contributed by atoms with Gasteiger partial charge in [-0.05, 0) is 145 Å². The summed E-state index contributed by atoms with van der Waals surface area (Å²) in [6.07, 6.45) is 0. The van der Waals surface area contributed by atoms with E-state index < -0.39 is 0 Å². The van der Waals surface area contributed by atoms with Gasteiger partial charge >= 0.3 is 0 Å². The molecule has 0 bridgehead atoms. The summed E-state index contributed by atoms with van der Waals surface area (Å²) in [7, 11) is 0. The average molecular weight is 791 g/mol. The number of benzene rings is 13. The van der Waals surface area contributed by atoms with Crippen LogP contribution in [0.2, 0.25) is 0 Å². The number of fused-ring (bicyclic) bond motifs is 6. The van der Waals surface area contributed by atoms with Crippen LogP contribution in [0.1, 0.15) is 41.4 Å². The first-order valence-electron chi connectivity index (χ1n) is 20.8. The summed E-state index contributed by atoms with van der Waals surface area (Å²) in [6.45, 7) is 0. The normalized spacial score (nSPS) is 14.5. The Hall–Kier alpha value is -8.48. The first kappa shape index (κ1) is 32.4. The Morgan fingerprint density at radius 3 is 0.629 bits per heavy atom. The molecule has 0 aromatic heterocycles. The summed E-state index contributed by atoms with van der Waals surface area (Å²) in [5.74, 6) is -1.26. The fourth-order valence-electron chi connectivity index (χ4n) is 11.7. The highest BCUT2D eigenvalue weighted by Gasteiger charge is 2.37. The van der Waals surface area contributed by atoms with Gasteiger partial charge in [0.25, 0.3) is 23.6 Å². The number of amides is 4. The summed E-state index contributed by atoms with van der Waals surface area (Å²) in [6, 6.07) is 51.9. The summed E-state index contributed by atoms with van der Waals surface area (Å²) < 4.78 is 0. The van der Waals surface area contributed by atoms with E-state index in [1.54, 1.807) is 24.3 Å². The molecular formula is C56H26N2O4. The maximum absolute atomic E-state index is 14.1. The van der Waals surface area contributed by atoms with E-state index >= 15 is 0 Å². The van der Waals surface area contributed by atoms with Crippen molar-refractivity contribution in [2.45, 2.75) is 0 Å². The third-order valence-electron chi connectivity index (χ3n) is 14.1. The van der Waals surface area contributed by atoms with Crippen molar-refractivity contribution in [1.29, 1.82) is 0 Å². The molecule has 0 radical (unpaired) electrons. The van der Waals surface area contributed by atoms with Crippen molar-refractivity contribution in [3.63, 3.8) is 0 Å². The minimum Gasteiger partial charge on any atom is -0.268 e. The quantitative estimate of drug-likeness (QED) is 0.0993. The number of anilines is 2. The van der Waals surface area contributed by atoms with E-state index in [-0.39, 0.29) is 23.6 Å². The van der Waals surface area contributed by atoms with E-state index in [1.807, 2.05) is 60.7 Å². The molecule has 0 fully saturated rings. The van der Waals surface area contributed by atoms with Gasteiger partial charge in [0.2, 0.25) is 0 Å². The molecule has 4 amide bonds. The summed E-state index contributed by atoms with van der Waals surface area (Å²) in [5, 5.41) is 21.0. The second-order valence-corrected chi connectivity index (χ2v) is 16.8. The zero-order valence-corrected chi connectivity index (χ0v) is 32.5. The standard InChI is InChI=1S/C56H26N2O4/c59-53-41-23-19-37-33-15-11-29-31-13-17-35-39-21-25-43-52-44(56(62)58(55(43)61)28-9-5-2-6-10-28)26-22-40(50(39)52)36-18-14-32(46(31)48(35)36)30-12-16-34(47(33)45(29)30)38-20-24-42(51(41)49(37)38)54(60)57(53)27-7-3-1-4-8-27/h1-26H. The van der Waals surface area contributed by atoms with E-state index in [2.05, 4.69) is 72.8 Å². The van der Waals surface area contributed by atoms with Gasteiger partial charge in [-0.1, -0.05) is 109 Å². The molecule has 0 saturated carbocycles. The van der Waals surface area contributed by atoms with E-state index in [0.717, 1.165) is 86.2 Å². The Morgan fingerprint density at radius 2 is 0.403 bits per heavy atom. The van der Waals surface area contributed by atoms with Gasteiger partial charge in [0, 0.05) is 33.0 Å². The maximum atomic E-state index is 14.1. The number of hydrogen-bond donors (Lipinski definition) is 0. The topological polar surface area (TPSA) is 74.8 Å². The monoisotopic (exact) mass is 790 g/mol. The van der Waals surface area contributed by atoms with Gasteiger partial charge in [-0.2, -0.15) is 0 Å². The molecule has 62 heavy (non-hydrogen) atoms. The molecule has 0 unspecified atom stereocenters. The minimum absolute atomic E-state index is 0.315. The second-order valence-electron chi connectivity index (χ2n) is 16.8. The van der Waals surface area contributed by atoms with Crippen molar-refractivity contribution in [3.05, 3.63) is 180 Å². The van der Waals surface area contributed by atoms with Crippen LogP contribution < -0.4 is 9.80 Å². The summed E-state index contributed by atoms with van der Waals surface area (Å²) in [4.78, 5) is 59.1. The molecule has 6 heteroatoms.